The van der Waals surface area contributed by atoms with Crippen molar-refractivity contribution in [1.29, 1.82) is 0 Å². The Labute approximate surface area is 72.9 Å². The average Bonchev–Trinajstić information content (AvgIpc) is 2.03. The summed E-state index contributed by atoms with van der Waals surface area (Å²) in [7, 11) is 0. The van der Waals surface area contributed by atoms with Gasteiger partial charge < -0.3 is 15.3 Å². The molecule has 1 aromatic carbocycles. The number of aromatic hydroxyl groups is 2. The Morgan fingerprint density at radius 1 is 1.15 bits per heavy atom. The van der Waals surface area contributed by atoms with Crippen molar-refractivity contribution in [3.05, 3.63) is 23.8 Å². The molecular weight excluding hydrogens is 176 g/mol. The number of Topliss-reactive ketones (excluding diaryl/α,β-unsaturated/α-hetero) is 1. The lowest BCUT2D eigenvalue weighted by Crippen LogP contribution is -2.12. The van der Waals surface area contributed by atoms with Gasteiger partial charge >= 0.3 is 5.97 Å². The zero-order valence-corrected chi connectivity index (χ0v) is 6.39. The highest BCUT2D eigenvalue weighted by Gasteiger charge is 2.18. The maximum absolute atomic E-state index is 10.8. The molecule has 0 radical (unpaired) electrons. The average molecular weight is 182 g/mol. The first-order valence-electron chi connectivity index (χ1n) is 3.32. The fourth-order valence-electron chi connectivity index (χ4n) is 0.827. The lowest BCUT2D eigenvalue weighted by molar-refractivity contribution is -0.131. The summed E-state index contributed by atoms with van der Waals surface area (Å²) < 4.78 is 0. The van der Waals surface area contributed by atoms with Crippen molar-refractivity contribution >= 4 is 11.8 Å². The summed E-state index contributed by atoms with van der Waals surface area (Å²) in [5.41, 5.74) is -0.342. The van der Waals surface area contributed by atoms with Crippen LogP contribution in [-0.2, 0) is 4.79 Å². The highest BCUT2D eigenvalue weighted by molar-refractivity contribution is 6.40. The third kappa shape index (κ3) is 1.76. The minimum Gasteiger partial charge on any atom is -0.508 e. The molecule has 0 aliphatic heterocycles. The van der Waals surface area contributed by atoms with Crippen LogP contribution < -0.4 is 0 Å². The maximum atomic E-state index is 10.8. The lowest BCUT2D eigenvalue weighted by Gasteiger charge is -1.99. The molecule has 13 heavy (non-hydrogen) atoms. The molecule has 1 aromatic rings. The molecule has 0 spiro atoms. The van der Waals surface area contributed by atoms with Crippen LogP contribution in [0.3, 0.4) is 0 Å². The van der Waals surface area contributed by atoms with Crippen LogP contribution in [0.15, 0.2) is 18.2 Å². The zero-order chi connectivity index (χ0) is 10.0. The largest absolute Gasteiger partial charge is 0.508 e. The van der Waals surface area contributed by atoms with Gasteiger partial charge in [0.05, 0.1) is 5.56 Å². The number of phenolic OH excluding ortho intramolecular Hbond substituents is 2. The van der Waals surface area contributed by atoms with Crippen molar-refractivity contribution in [3.8, 4) is 11.5 Å². The Morgan fingerprint density at radius 3 is 2.23 bits per heavy atom. The summed E-state index contributed by atoms with van der Waals surface area (Å²) in [6.45, 7) is 0. The predicted octanol–water partition coefficient (Wildman–Crippen LogP) is 0.365. The van der Waals surface area contributed by atoms with E-state index in [9.17, 15) is 9.59 Å². The van der Waals surface area contributed by atoms with Gasteiger partial charge in [-0.3, -0.25) is 4.79 Å². The van der Waals surface area contributed by atoms with Crippen molar-refractivity contribution < 1.29 is 24.9 Å². The molecule has 0 bridgehead atoms. The smallest absolute Gasteiger partial charge is 0.377 e. The molecule has 0 amide bonds. The number of hydrogen-bond donors (Lipinski definition) is 3. The SMILES string of the molecule is O=C(O)C(=O)c1ccc(O)cc1O. The minimum atomic E-state index is -1.65. The van der Waals surface area contributed by atoms with Crippen LogP contribution >= 0.6 is 0 Å². The van der Waals surface area contributed by atoms with Crippen molar-refractivity contribution in [2.24, 2.45) is 0 Å². The van der Waals surface area contributed by atoms with Gasteiger partial charge in [-0.2, -0.15) is 0 Å². The van der Waals surface area contributed by atoms with Crippen LogP contribution in [0, 0.1) is 0 Å². The van der Waals surface area contributed by atoms with Gasteiger partial charge in [-0.1, -0.05) is 0 Å². The number of carbonyl (C=O) groups is 2. The highest BCUT2D eigenvalue weighted by Crippen LogP contribution is 2.22. The van der Waals surface area contributed by atoms with Crippen LogP contribution in [0.4, 0.5) is 0 Å². The van der Waals surface area contributed by atoms with Crippen LogP contribution in [0.25, 0.3) is 0 Å². The monoisotopic (exact) mass is 182 g/mol. The van der Waals surface area contributed by atoms with Crippen LogP contribution in [0.2, 0.25) is 0 Å². The molecule has 5 nitrogen and oxygen atoms in total. The molecule has 0 saturated heterocycles. The molecule has 1 rings (SSSR count). The summed E-state index contributed by atoms with van der Waals surface area (Å²) in [5, 5.41) is 26.2. The van der Waals surface area contributed by atoms with E-state index in [-0.39, 0.29) is 11.3 Å². The Morgan fingerprint density at radius 2 is 1.77 bits per heavy atom. The van der Waals surface area contributed by atoms with E-state index in [4.69, 9.17) is 15.3 Å². The Hall–Kier alpha value is -2.04. The summed E-state index contributed by atoms with van der Waals surface area (Å²) in [6.07, 6.45) is 0. The molecule has 0 saturated carbocycles. The second kappa shape index (κ2) is 3.14. The Balaban J connectivity index is 3.16. The van der Waals surface area contributed by atoms with E-state index in [1.54, 1.807) is 0 Å². The summed E-state index contributed by atoms with van der Waals surface area (Å²) >= 11 is 0. The van der Waals surface area contributed by atoms with Crippen molar-refractivity contribution in [3.63, 3.8) is 0 Å². The number of rotatable bonds is 2. The lowest BCUT2D eigenvalue weighted by atomic mass is 10.1. The number of carboxylic acids is 1. The first-order chi connectivity index (χ1) is 6.02. The van der Waals surface area contributed by atoms with Gasteiger partial charge in [-0.05, 0) is 12.1 Å². The number of hydrogen-bond acceptors (Lipinski definition) is 4. The predicted molar refractivity (Wildman–Crippen MR) is 41.7 cm³/mol. The molecule has 0 atom stereocenters. The van der Waals surface area contributed by atoms with E-state index in [0.717, 1.165) is 18.2 Å². The molecule has 0 unspecified atom stereocenters. The molecule has 68 valence electrons. The zero-order valence-electron chi connectivity index (χ0n) is 6.39. The summed E-state index contributed by atoms with van der Waals surface area (Å²) in [6, 6.07) is 3.06. The number of phenols is 2. The van der Waals surface area contributed by atoms with Gasteiger partial charge in [0.25, 0.3) is 5.78 Å². The topological polar surface area (TPSA) is 94.8 Å². The minimum absolute atomic E-state index is 0.237. The third-order valence-electron chi connectivity index (χ3n) is 1.42. The third-order valence-corrected chi connectivity index (χ3v) is 1.42. The van der Waals surface area contributed by atoms with Gasteiger partial charge in [0.1, 0.15) is 11.5 Å². The number of aliphatic carboxylic acids is 1. The quantitative estimate of drug-likeness (QED) is 0.453. The van der Waals surface area contributed by atoms with Crippen molar-refractivity contribution in [2.45, 2.75) is 0 Å². The molecule has 0 fully saturated rings. The van der Waals surface area contributed by atoms with Gasteiger partial charge in [0.15, 0.2) is 0 Å². The van der Waals surface area contributed by atoms with E-state index < -0.39 is 17.5 Å². The van der Waals surface area contributed by atoms with Crippen LogP contribution in [0.5, 0.6) is 11.5 Å². The maximum Gasteiger partial charge on any atom is 0.377 e. The van der Waals surface area contributed by atoms with Crippen LogP contribution in [-0.4, -0.2) is 27.1 Å². The van der Waals surface area contributed by atoms with Gasteiger partial charge in [0.2, 0.25) is 0 Å². The molecule has 0 heterocycles. The number of carboxylic acid groups (broad SMARTS) is 1. The first-order valence-corrected chi connectivity index (χ1v) is 3.32. The van der Waals surface area contributed by atoms with E-state index >= 15 is 0 Å². The number of ketones is 1. The Kier molecular flexibility index (Phi) is 2.19. The van der Waals surface area contributed by atoms with E-state index in [0.29, 0.717) is 0 Å². The van der Waals surface area contributed by atoms with Gasteiger partial charge in [0, 0.05) is 6.07 Å². The van der Waals surface area contributed by atoms with Gasteiger partial charge in [-0.15, -0.1) is 0 Å². The summed E-state index contributed by atoms with van der Waals surface area (Å²) in [5.74, 6) is -3.65. The van der Waals surface area contributed by atoms with Gasteiger partial charge in [-0.25, -0.2) is 4.79 Å². The fourth-order valence-corrected chi connectivity index (χ4v) is 0.827. The standard InChI is InChI=1S/C8H6O5/c9-4-1-2-5(6(10)3-4)7(11)8(12)13/h1-3,9-10H,(H,12,13). The van der Waals surface area contributed by atoms with E-state index in [2.05, 4.69) is 0 Å². The molecule has 0 aliphatic carbocycles. The number of benzene rings is 1. The molecular formula is C8H6O5. The first kappa shape index (κ1) is 9.05. The molecule has 5 heteroatoms. The summed E-state index contributed by atoms with van der Waals surface area (Å²) in [4.78, 5) is 21.0. The molecule has 3 N–H and O–H groups in total. The second-order valence-electron chi connectivity index (χ2n) is 2.34. The normalized spacial score (nSPS) is 9.54. The van der Waals surface area contributed by atoms with Crippen LogP contribution in [0.1, 0.15) is 10.4 Å². The Bertz CT molecular complexity index is 369. The molecule has 0 aromatic heterocycles. The highest BCUT2D eigenvalue weighted by atomic mass is 16.4. The molecule has 0 aliphatic rings. The van der Waals surface area contributed by atoms with Crippen molar-refractivity contribution in [1.82, 2.24) is 0 Å². The van der Waals surface area contributed by atoms with E-state index in [1.807, 2.05) is 0 Å². The fraction of sp³-hybridized carbons (Fsp3) is 0. The number of carbonyl (C=O) groups excluding carboxylic acids is 1. The van der Waals surface area contributed by atoms with Crippen molar-refractivity contribution in [2.75, 3.05) is 0 Å². The second-order valence-corrected chi connectivity index (χ2v) is 2.34. The van der Waals surface area contributed by atoms with E-state index in [1.165, 1.54) is 0 Å².